The number of carbonyl (C=O) groups is 2. The van der Waals surface area contributed by atoms with Crippen molar-refractivity contribution in [3.8, 4) is 0 Å². The fraction of sp³-hybridized carbons (Fsp3) is 0.357. The van der Waals surface area contributed by atoms with E-state index in [0.717, 1.165) is 5.69 Å². The second kappa shape index (κ2) is 6.42. The highest BCUT2D eigenvalue weighted by Crippen LogP contribution is 2.20. The lowest BCUT2D eigenvalue weighted by atomic mass is 10.2. The quantitative estimate of drug-likeness (QED) is 0.814. The summed E-state index contributed by atoms with van der Waals surface area (Å²) in [5.41, 5.74) is 1.39. The Labute approximate surface area is 132 Å². The van der Waals surface area contributed by atoms with Crippen molar-refractivity contribution in [3.05, 3.63) is 36.7 Å². The van der Waals surface area contributed by atoms with Gasteiger partial charge >= 0.3 is 6.03 Å². The minimum Gasteiger partial charge on any atom is -0.332 e. The van der Waals surface area contributed by atoms with E-state index in [1.807, 2.05) is 0 Å². The second-order valence-electron chi connectivity index (χ2n) is 5.23. The minimum atomic E-state index is -0.530. The number of aromatic nitrogens is 4. The van der Waals surface area contributed by atoms with E-state index in [1.54, 1.807) is 47.6 Å². The maximum atomic E-state index is 12.3. The summed E-state index contributed by atoms with van der Waals surface area (Å²) in [5.74, 6) is -0.132. The third kappa shape index (κ3) is 3.44. The normalized spacial score (nSPS) is 17.3. The highest BCUT2D eigenvalue weighted by molar-refractivity contribution is 6.00. The largest absolute Gasteiger partial charge is 0.332 e. The molecule has 9 nitrogen and oxygen atoms in total. The number of anilines is 1. The van der Waals surface area contributed by atoms with Gasteiger partial charge in [0.25, 0.3) is 0 Å². The van der Waals surface area contributed by atoms with Gasteiger partial charge in [-0.3, -0.25) is 19.4 Å². The van der Waals surface area contributed by atoms with Crippen LogP contribution in [0.4, 0.5) is 10.5 Å². The molecule has 9 heteroatoms. The number of amides is 3. The highest BCUT2D eigenvalue weighted by atomic mass is 16.2. The molecular weight excluding hydrogens is 298 g/mol. The van der Waals surface area contributed by atoms with Gasteiger partial charge in [-0.25, -0.2) is 4.79 Å². The van der Waals surface area contributed by atoms with Crippen molar-refractivity contribution in [2.24, 2.45) is 7.05 Å². The number of nitrogens with zero attached hydrogens (tertiary/aromatic N) is 5. The summed E-state index contributed by atoms with van der Waals surface area (Å²) in [6.07, 6.45) is 8.66. The predicted molar refractivity (Wildman–Crippen MR) is 81.4 cm³/mol. The van der Waals surface area contributed by atoms with Crippen molar-refractivity contribution in [2.45, 2.75) is 19.0 Å². The summed E-state index contributed by atoms with van der Waals surface area (Å²) in [6, 6.07) is -0.931. The smallest absolute Gasteiger partial charge is 0.315 e. The first-order chi connectivity index (χ1) is 11.1. The molecule has 1 fully saturated rings. The molecular formula is C14H17N7O2. The summed E-state index contributed by atoms with van der Waals surface area (Å²) in [6.45, 7) is 0.812. The Kier molecular flexibility index (Phi) is 4.18. The highest BCUT2D eigenvalue weighted by Gasteiger charge is 2.34. The molecule has 2 N–H and O–H groups in total. The number of hydrogen-bond acceptors (Lipinski definition) is 5. The zero-order valence-electron chi connectivity index (χ0n) is 12.6. The summed E-state index contributed by atoms with van der Waals surface area (Å²) >= 11 is 0. The van der Waals surface area contributed by atoms with Gasteiger partial charge in [-0.2, -0.15) is 5.10 Å². The number of urea groups is 1. The molecule has 1 aliphatic rings. The zero-order chi connectivity index (χ0) is 16.2. The fourth-order valence-electron chi connectivity index (χ4n) is 2.42. The Bertz CT molecular complexity index is 700. The van der Waals surface area contributed by atoms with E-state index in [-0.39, 0.29) is 12.5 Å². The standard InChI is InChI=1S/C14H17N7O2/c1-20-9-11(8-18-20)21-5-2-12(13(21)22)19-14(23)17-7-10-6-15-3-4-16-10/h3-4,6,8-9,12H,2,5,7H2,1H3,(H2,17,19,23). The molecule has 3 rings (SSSR count). The molecule has 0 aromatic carbocycles. The molecule has 1 unspecified atom stereocenters. The third-order valence-corrected chi connectivity index (χ3v) is 3.56. The lowest BCUT2D eigenvalue weighted by Crippen LogP contribution is -2.46. The summed E-state index contributed by atoms with van der Waals surface area (Å²) in [5, 5.41) is 9.41. The second-order valence-corrected chi connectivity index (χ2v) is 5.23. The summed E-state index contributed by atoms with van der Waals surface area (Å²) < 4.78 is 1.64. The number of aryl methyl sites for hydroxylation is 1. The van der Waals surface area contributed by atoms with Gasteiger partial charge in [0.1, 0.15) is 6.04 Å². The van der Waals surface area contributed by atoms with Crippen molar-refractivity contribution in [3.63, 3.8) is 0 Å². The third-order valence-electron chi connectivity index (χ3n) is 3.56. The van der Waals surface area contributed by atoms with Crippen LogP contribution in [0.3, 0.4) is 0 Å². The van der Waals surface area contributed by atoms with E-state index >= 15 is 0 Å². The predicted octanol–water partition coefficient (Wildman–Crippen LogP) is -0.185. The average Bonchev–Trinajstić information content (AvgIpc) is 3.13. The first-order valence-corrected chi connectivity index (χ1v) is 7.23. The zero-order valence-corrected chi connectivity index (χ0v) is 12.6. The number of carbonyl (C=O) groups excluding carboxylic acids is 2. The van der Waals surface area contributed by atoms with Crippen LogP contribution in [0.15, 0.2) is 31.0 Å². The van der Waals surface area contributed by atoms with Crippen LogP contribution in [0.2, 0.25) is 0 Å². The minimum absolute atomic E-state index is 0.132. The SMILES string of the molecule is Cn1cc(N2CCC(NC(=O)NCc3cnccn3)C2=O)cn1. The molecule has 0 aliphatic carbocycles. The van der Waals surface area contributed by atoms with Gasteiger partial charge in [-0.1, -0.05) is 0 Å². The molecule has 1 saturated heterocycles. The summed E-state index contributed by atoms with van der Waals surface area (Å²) in [4.78, 5) is 33.9. The number of hydrogen-bond donors (Lipinski definition) is 2. The molecule has 23 heavy (non-hydrogen) atoms. The van der Waals surface area contributed by atoms with Gasteiger partial charge in [-0.05, 0) is 6.42 Å². The van der Waals surface area contributed by atoms with Crippen LogP contribution in [0, 0.1) is 0 Å². The van der Waals surface area contributed by atoms with Crippen molar-refractivity contribution in [1.29, 1.82) is 0 Å². The van der Waals surface area contributed by atoms with E-state index in [9.17, 15) is 9.59 Å². The van der Waals surface area contributed by atoms with Crippen molar-refractivity contribution in [1.82, 2.24) is 30.4 Å². The molecule has 1 atom stereocenters. The van der Waals surface area contributed by atoms with Gasteiger partial charge < -0.3 is 15.5 Å². The van der Waals surface area contributed by atoms with E-state index in [0.29, 0.717) is 18.7 Å². The molecule has 3 amide bonds. The van der Waals surface area contributed by atoms with Crippen LogP contribution >= 0.6 is 0 Å². The Balaban J connectivity index is 1.52. The van der Waals surface area contributed by atoms with Gasteiger partial charge in [0.05, 0.1) is 30.3 Å². The average molecular weight is 315 g/mol. The molecule has 1 aliphatic heterocycles. The molecule has 2 aromatic heterocycles. The van der Waals surface area contributed by atoms with Crippen LogP contribution in [0.25, 0.3) is 0 Å². The maximum Gasteiger partial charge on any atom is 0.315 e. The Morgan fingerprint density at radius 3 is 2.96 bits per heavy atom. The first kappa shape index (κ1) is 14.9. The molecule has 2 aromatic rings. The van der Waals surface area contributed by atoms with E-state index in [2.05, 4.69) is 25.7 Å². The monoisotopic (exact) mass is 315 g/mol. The van der Waals surface area contributed by atoms with E-state index in [4.69, 9.17) is 0 Å². The van der Waals surface area contributed by atoms with Crippen LogP contribution in [0.1, 0.15) is 12.1 Å². The molecule has 0 radical (unpaired) electrons. The number of nitrogens with one attached hydrogen (secondary N) is 2. The Morgan fingerprint density at radius 2 is 2.26 bits per heavy atom. The topological polar surface area (TPSA) is 105 Å². The van der Waals surface area contributed by atoms with Crippen molar-refractivity contribution < 1.29 is 9.59 Å². The van der Waals surface area contributed by atoms with E-state index < -0.39 is 12.1 Å². The lowest BCUT2D eigenvalue weighted by Gasteiger charge is -2.15. The Morgan fingerprint density at radius 1 is 1.39 bits per heavy atom. The molecule has 3 heterocycles. The summed E-state index contributed by atoms with van der Waals surface area (Å²) in [7, 11) is 1.79. The van der Waals surface area contributed by atoms with Crippen molar-refractivity contribution in [2.75, 3.05) is 11.4 Å². The van der Waals surface area contributed by atoms with Crippen LogP contribution in [-0.4, -0.2) is 44.3 Å². The lowest BCUT2D eigenvalue weighted by molar-refractivity contribution is -0.118. The van der Waals surface area contributed by atoms with Gasteiger partial charge in [0, 0.05) is 32.2 Å². The Hall–Kier alpha value is -2.97. The van der Waals surface area contributed by atoms with Gasteiger partial charge in [0.15, 0.2) is 0 Å². The molecule has 0 saturated carbocycles. The molecule has 120 valence electrons. The first-order valence-electron chi connectivity index (χ1n) is 7.23. The van der Waals surface area contributed by atoms with Crippen LogP contribution in [-0.2, 0) is 18.4 Å². The molecule has 0 bridgehead atoms. The molecule has 0 spiro atoms. The van der Waals surface area contributed by atoms with Gasteiger partial charge in [0.2, 0.25) is 5.91 Å². The number of rotatable bonds is 4. The van der Waals surface area contributed by atoms with Crippen molar-refractivity contribution >= 4 is 17.6 Å². The maximum absolute atomic E-state index is 12.3. The van der Waals surface area contributed by atoms with Crippen LogP contribution < -0.4 is 15.5 Å². The fourth-order valence-corrected chi connectivity index (χ4v) is 2.42. The van der Waals surface area contributed by atoms with Crippen LogP contribution in [0.5, 0.6) is 0 Å². The van der Waals surface area contributed by atoms with E-state index in [1.165, 1.54) is 0 Å². The van der Waals surface area contributed by atoms with Gasteiger partial charge in [-0.15, -0.1) is 0 Å².